The van der Waals surface area contributed by atoms with Crippen LogP contribution in [0.1, 0.15) is 19.8 Å². The number of halogens is 1. The second-order valence-corrected chi connectivity index (χ2v) is 7.40. The second-order valence-electron chi connectivity index (χ2n) is 5.24. The first-order valence-electron chi connectivity index (χ1n) is 7.28. The van der Waals surface area contributed by atoms with Crippen LogP contribution in [0.3, 0.4) is 0 Å². The van der Waals surface area contributed by atoms with Crippen LogP contribution in [-0.2, 0) is 4.79 Å². The van der Waals surface area contributed by atoms with Gasteiger partial charge in [-0.05, 0) is 25.8 Å². The van der Waals surface area contributed by atoms with Gasteiger partial charge in [-0.1, -0.05) is 45.9 Å². The van der Waals surface area contributed by atoms with Crippen LogP contribution < -0.4 is 0 Å². The van der Waals surface area contributed by atoms with Gasteiger partial charge in [-0.2, -0.15) is 0 Å². The molecule has 1 aliphatic heterocycles. The molecule has 1 N–H and O–H groups in total. The zero-order valence-electron chi connectivity index (χ0n) is 12.3. The van der Waals surface area contributed by atoms with Gasteiger partial charge in [-0.15, -0.1) is 5.10 Å². The van der Waals surface area contributed by atoms with Crippen LogP contribution in [0.2, 0.25) is 0 Å². The van der Waals surface area contributed by atoms with Gasteiger partial charge in [0, 0.05) is 23.1 Å². The van der Waals surface area contributed by atoms with Crippen molar-refractivity contribution < 1.29 is 4.79 Å². The first-order valence-corrected chi connectivity index (χ1v) is 8.95. The second kappa shape index (κ2) is 6.83. The predicted octanol–water partition coefficient (Wildman–Crippen LogP) is 3.34. The van der Waals surface area contributed by atoms with Gasteiger partial charge >= 0.3 is 0 Å². The van der Waals surface area contributed by atoms with Gasteiger partial charge in [0.1, 0.15) is 0 Å². The standard InChI is InChI=1S/C15H17BrN4OS/c1-10(14(21)20-8-4-5-9-20)22-15-17-13(18-19-15)11-6-2-3-7-12(11)16/h2-3,6-7,10H,4-5,8-9H2,1H3,(H,17,18,19)/t10-/m0/s1. The maximum Gasteiger partial charge on any atom is 0.235 e. The lowest BCUT2D eigenvalue weighted by molar-refractivity contribution is -0.129. The summed E-state index contributed by atoms with van der Waals surface area (Å²) in [5, 5.41) is 7.59. The highest BCUT2D eigenvalue weighted by atomic mass is 79.9. The van der Waals surface area contributed by atoms with E-state index >= 15 is 0 Å². The Morgan fingerprint density at radius 2 is 2.09 bits per heavy atom. The summed E-state index contributed by atoms with van der Waals surface area (Å²) in [4.78, 5) is 18.7. The number of carbonyl (C=O) groups is 1. The predicted molar refractivity (Wildman–Crippen MR) is 90.7 cm³/mol. The number of rotatable bonds is 4. The molecular weight excluding hydrogens is 364 g/mol. The third-order valence-corrected chi connectivity index (χ3v) is 5.28. The molecule has 1 fully saturated rings. The van der Waals surface area contributed by atoms with Crippen molar-refractivity contribution in [3.8, 4) is 11.4 Å². The number of nitrogens with zero attached hydrogens (tertiary/aromatic N) is 3. The van der Waals surface area contributed by atoms with Crippen molar-refractivity contribution in [3.63, 3.8) is 0 Å². The highest BCUT2D eigenvalue weighted by molar-refractivity contribution is 9.10. The van der Waals surface area contributed by atoms with Crippen molar-refractivity contribution in [2.45, 2.75) is 30.2 Å². The molecule has 0 saturated carbocycles. The lowest BCUT2D eigenvalue weighted by Crippen LogP contribution is -2.34. The number of H-pyrrole nitrogens is 1. The summed E-state index contributed by atoms with van der Waals surface area (Å²) in [5.41, 5.74) is 0.959. The fourth-order valence-electron chi connectivity index (χ4n) is 2.48. The van der Waals surface area contributed by atoms with Crippen molar-refractivity contribution in [3.05, 3.63) is 28.7 Å². The van der Waals surface area contributed by atoms with Crippen molar-refractivity contribution in [1.82, 2.24) is 20.1 Å². The van der Waals surface area contributed by atoms with E-state index in [2.05, 4.69) is 31.1 Å². The number of hydrogen-bond donors (Lipinski definition) is 1. The molecule has 1 aliphatic rings. The molecule has 2 heterocycles. The van der Waals surface area contributed by atoms with E-state index in [0.29, 0.717) is 11.0 Å². The highest BCUT2D eigenvalue weighted by Crippen LogP contribution is 2.28. The van der Waals surface area contributed by atoms with E-state index in [4.69, 9.17) is 0 Å². The van der Waals surface area contributed by atoms with Gasteiger partial charge in [0.25, 0.3) is 0 Å². The molecule has 22 heavy (non-hydrogen) atoms. The molecule has 2 aromatic rings. The van der Waals surface area contributed by atoms with E-state index in [-0.39, 0.29) is 11.2 Å². The summed E-state index contributed by atoms with van der Waals surface area (Å²) < 4.78 is 0.962. The molecule has 1 aromatic carbocycles. The molecule has 0 radical (unpaired) electrons. The zero-order valence-corrected chi connectivity index (χ0v) is 14.7. The molecule has 7 heteroatoms. The summed E-state index contributed by atoms with van der Waals surface area (Å²) in [6.07, 6.45) is 2.21. The summed E-state index contributed by atoms with van der Waals surface area (Å²) in [5.74, 6) is 0.880. The van der Waals surface area contributed by atoms with Crippen LogP contribution in [0.5, 0.6) is 0 Å². The van der Waals surface area contributed by atoms with Crippen LogP contribution in [0.15, 0.2) is 33.9 Å². The SMILES string of the molecule is C[C@H](Sc1n[nH]c(-c2ccccc2Br)n1)C(=O)N1CCCC1. The number of amides is 1. The molecule has 1 amide bonds. The molecule has 1 saturated heterocycles. The number of aromatic amines is 1. The average molecular weight is 381 g/mol. The van der Waals surface area contributed by atoms with Crippen molar-refractivity contribution in [1.29, 1.82) is 0 Å². The average Bonchev–Trinajstić information content (AvgIpc) is 3.18. The fraction of sp³-hybridized carbons (Fsp3) is 0.400. The third kappa shape index (κ3) is 3.35. The van der Waals surface area contributed by atoms with Gasteiger partial charge in [0.15, 0.2) is 5.82 Å². The number of thioether (sulfide) groups is 1. The minimum absolute atomic E-state index is 0.166. The molecule has 1 atom stereocenters. The van der Waals surface area contributed by atoms with E-state index in [1.54, 1.807) is 0 Å². The molecular formula is C15H17BrN4OS. The van der Waals surface area contributed by atoms with Crippen molar-refractivity contribution in [2.75, 3.05) is 13.1 Å². The lowest BCUT2D eigenvalue weighted by atomic mass is 10.2. The topological polar surface area (TPSA) is 61.9 Å². The number of likely N-dealkylation sites (tertiary alicyclic amines) is 1. The Morgan fingerprint density at radius 3 is 2.82 bits per heavy atom. The van der Waals surface area contributed by atoms with E-state index in [1.807, 2.05) is 36.1 Å². The molecule has 0 spiro atoms. The van der Waals surface area contributed by atoms with Crippen LogP contribution >= 0.6 is 27.7 Å². The maximum absolute atomic E-state index is 12.3. The Bertz CT molecular complexity index is 669. The molecule has 5 nitrogen and oxygen atoms in total. The van der Waals surface area contributed by atoms with Gasteiger partial charge in [-0.25, -0.2) is 4.98 Å². The molecule has 3 rings (SSSR count). The van der Waals surface area contributed by atoms with E-state index in [1.165, 1.54) is 11.8 Å². The minimum atomic E-state index is -0.166. The summed E-state index contributed by atoms with van der Waals surface area (Å²) >= 11 is 4.91. The molecule has 1 aromatic heterocycles. The maximum atomic E-state index is 12.3. The summed E-state index contributed by atoms with van der Waals surface area (Å²) in [6, 6.07) is 7.84. The minimum Gasteiger partial charge on any atom is -0.342 e. The Morgan fingerprint density at radius 1 is 1.36 bits per heavy atom. The number of aromatic nitrogens is 3. The molecule has 116 valence electrons. The number of hydrogen-bond acceptors (Lipinski definition) is 4. The fourth-order valence-corrected chi connectivity index (χ4v) is 3.76. The molecule has 0 bridgehead atoms. The van der Waals surface area contributed by atoms with Crippen LogP contribution in [-0.4, -0.2) is 44.3 Å². The Kier molecular flexibility index (Phi) is 4.83. The number of benzene rings is 1. The zero-order chi connectivity index (χ0) is 15.5. The number of carbonyl (C=O) groups excluding carboxylic acids is 1. The normalized spacial score (nSPS) is 16.0. The largest absolute Gasteiger partial charge is 0.342 e. The summed E-state index contributed by atoms with van der Waals surface area (Å²) in [7, 11) is 0. The molecule has 0 unspecified atom stereocenters. The first kappa shape index (κ1) is 15.6. The molecule has 0 aliphatic carbocycles. The summed E-state index contributed by atoms with van der Waals surface area (Å²) in [6.45, 7) is 3.67. The lowest BCUT2D eigenvalue weighted by Gasteiger charge is -2.18. The quantitative estimate of drug-likeness (QED) is 0.826. The highest BCUT2D eigenvalue weighted by Gasteiger charge is 2.25. The van der Waals surface area contributed by atoms with Gasteiger partial charge < -0.3 is 4.90 Å². The smallest absolute Gasteiger partial charge is 0.235 e. The van der Waals surface area contributed by atoms with E-state index in [0.717, 1.165) is 36.0 Å². The van der Waals surface area contributed by atoms with Crippen molar-refractivity contribution in [2.24, 2.45) is 0 Å². The third-order valence-electron chi connectivity index (χ3n) is 3.64. The first-order chi connectivity index (χ1) is 10.6. The van der Waals surface area contributed by atoms with Gasteiger partial charge in [-0.3, -0.25) is 9.89 Å². The van der Waals surface area contributed by atoms with Gasteiger partial charge in [0.2, 0.25) is 11.1 Å². The van der Waals surface area contributed by atoms with E-state index < -0.39 is 0 Å². The van der Waals surface area contributed by atoms with Crippen LogP contribution in [0.4, 0.5) is 0 Å². The Balaban J connectivity index is 1.69. The number of nitrogens with one attached hydrogen (secondary N) is 1. The Labute approximate surface area is 142 Å². The van der Waals surface area contributed by atoms with E-state index in [9.17, 15) is 4.79 Å². The van der Waals surface area contributed by atoms with Gasteiger partial charge in [0.05, 0.1) is 5.25 Å². The van der Waals surface area contributed by atoms with Crippen LogP contribution in [0, 0.1) is 0 Å². The van der Waals surface area contributed by atoms with Crippen LogP contribution in [0.25, 0.3) is 11.4 Å². The monoisotopic (exact) mass is 380 g/mol. The van der Waals surface area contributed by atoms with Crippen molar-refractivity contribution >= 4 is 33.6 Å². The Hall–Kier alpha value is -1.34.